The van der Waals surface area contributed by atoms with Crippen molar-refractivity contribution in [3.05, 3.63) is 70.8 Å². The highest BCUT2D eigenvalue weighted by Crippen LogP contribution is 2.44. The average molecular weight is 663 g/mol. The third-order valence-corrected chi connectivity index (χ3v) is 8.32. The minimum atomic E-state index is 0.553. The molecule has 0 bridgehead atoms. The minimum Gasteiger partial charge on any atom is -0.493 e. The predicted molar refractivity (Wildman–Crippen MR) is 185 cm³/mol. The molecule has 0 aliphatic heterocycles. The maximum atomic E-state index is 5.78. The van der Waals surface area contributed by atoms with Crippen LogP contribution in [-0.4, -0.2) is 71.1 Å². The van der Waals surface area contributed by atoms with Gasteiger partial charge in [-0.2, -0.15) is 0 Å². The second-order valence-corrected chi connectivity index (χ2v) is 10.8. The molecule has 48 heavy (non-hydrogen) atoms. The van der Waals surface area contributed by atoms with Gasteiger partial charge in [-0.1, -0.05) is 0 Å². The first-order valence-electron chi connectivity index (χ1n) is 15.4. The Morgan fingerprint density at radius 2 is 0.562 bits per heavy atom. The topological polar surface area (TPSA) is 92.3 Å². The summed E-state index contributed by atoms with van der Waals surface area (Å²) < 4.78 is 56.5. The molecule has 10 heteroatoms. The van der Waals surface area contributed by atoms with Crippen LogP contribution in [0.3, 0.4) is 0 Å². The molecule has 0 aliphatic rings. The molecule has 0 aromatic heterocycles. The molecule has 0 fully saturated rings. The van der Waals surface area contributed by atoms with Crippen molar-refractivity contribution >= 4 is 0 Å². The molecule has 0 N–H and O–H groups in total. The lowest BCUT2D eigenvalue weighted by Gasteiger charge is -2.20. The van der Waals surface area contributed by atoms with Crippen LogP contribution in [0.25, 0.3) is 11.1 Å². The van der Waals surface area contributed by atoms with Gasteiger partial charge in [0.25, 0.3) is 0 Å². The van der Waals surface area contributed by atoms with Gasteiger partial charge >= 0.3 is 0 Å². The molecule has 0 aliphatic carbocycles. The van der Waals surface area contributed by atoms with Crippen molar-refractivity contribution in [2.45, 2.75) is 25.7 Å². The van der Waals surface area contributed by atoms with Gasteiger partial charge in [-0.15, -0.1) is 0 Å². The van der Waals surface area contributed by atoms with Gasteiger partial charge in [0.1, 0.15) is 0 Å². The largest absolute Gasteiger partial charge is 0.493 e. The number of hydrogen-bond donors (Lipinski definition) is 0. The van der Waals surface area contributed by atoms with Crippen molar-refractivity contribution in [1.29, 1.82) is 0 Å². The maximum absolute atomic E-state index is 5.78. The molecule has 0 saturated carbocycles. The van der Waals surface area contributed by atoms with Crippen molar-refractivity contribution in [2.24, 2.45) is 0 Å². The lowest BCUT2D eigenvalue weighted by molar-refractivity contribution is 0.323. The van der Waals surface area contributed by atoms with E-state index in [0.717, 1.165) is 33.4 Å². The summed E-state index contributed by atoms with van der Waals surface area (Å²) in [5, 5.41) is 0. The smallest absolute Gasteiger partial charge is 0.203 e. The Morgan fingerprint density at radius 1 is 0.292 bits per heavy atom. The van der Waals surface area contributed by atoms with E-state index in [1.807, 2.05) is 48.5 Å². The molecule has 258 valence electrons. The first-order valence-corrected chi connectivity index (χ1v) is 15.4. The van der Waals surface area contributed by atoms with Gasteiger partial charge < -0.3 is 47.4 Å². The summed E-state index contributed by atoms with van der Waals surface area (Å²) in [5.41, 5.74) is 6.15. The number of aryl methyl sites for hydroxylation is 4. The van der Waals surface area contributed by atoms with E-state index in [4.69, 9.17) is 47.4 Å². The van der Waals surface area contributed by atoms with Crippen LogP contribution in [0.4, 0.5) is 0 Å². The third kappa shape index (κ3) is 7.54. The van der Waals surface area contributed by atoms with Crippen molar-refractivity contribution in [2.75, 3.05) is 71.1 Å². The Balaban J connectivity index is 1.83. The van der Waals surface area contributed by atoms with E-state index < -0.39 is 0 Å². The summed E-state index contributed by atoms with van der Waals surface area (Å²) in [6.45, 7) is 0. The van der Waals surface area contributed by atoms with E-state index in [2.05, 4.69) is 0 Å². The fraction of sp³-hybridized carbons (Fsp3) is 0.368. The first kappa shape index (κ1) is 35.7. The van der Waals surface area contributed by atoms with E-state index >= 15 is 0 Å². The van der Waals surface area contributed by atoms with Crippen molar-refractivity contribution in [3.8, 4) is 68.6 Å². The summed E-state index contributed by atoms with van der Waals surface area (Å²) in [6, 6.07) is 16.0. The van der Waals surface area contributed by atoms with Crippen molar-refractivity contribution < 1.29 is 47.4 Å². The predicted octanol–water partition coefficient (Wildman–Crippen LogP) is 7.01. The Kier molecular flexibility index (Phi) is 12.4. The Morgan fingerprint density at radius 3 is 0.812 bits per heavy atom. The van der Waals surface area contributed by atoms with Crippen molar-refractivity contribution in [3.63, 3.8) is 0 Å². The molecule has 0 saturated heterocycles. The summed E-state index contributed by atoms with van der Waals surface area (Å²) >= 11 is 0. The molecule has 4 aromatic carbocycles. The van der Waals surface area contributed by atoms with Crippen molar-refractivity contribution in [1.82, 2.24) is 0 Å². The Labute approximate surface area is 283 Å². The van der Waals surface area contributed by atoms with Crippen LogP contribution in [0.2, 0.25) is 0 Å². The zero-order valence-corrected chi connectivity index (χ0v) is 29.5. The highest BCUT2D eigenvalue weighted by atomic mass is 16.5. The number of benzene rings is 4. The van der Waals surface area contributed by atoms with Crippen LogP contribution in [0.15, 0.2) is 48.5 Å². The van der Waals surface area contributed by atoms with Crippen LogP contribution in [0, 0.1) is 0 Å². The molecular formula is C38H46O10. The van der Waals surface area contributed by atoms with Gasteiger partial charge in [-0.05, 0) is 108 Å². The quantitative estimate of drug-likeness (QED) is 0.118. The molecule has 0 spiro atoms. The fourth-order valence-corrected chi connectivity index (χ4v) is 5.87. The van der Waals surface area contributed by atoms with Gasteiger partial charge in [0, 0.05) is 0 Å². The number of methoxy groups -OCH3 is 10. The molecule has 10 nitrogen and oxygen atoms in total. The van der Waals surface area contributed by atoms with Gasteiger partial charge in [-0.3, -0.25) is 0 Å². The lowest BCUT2D eigenvalue weighted by Crippen LogP contribution is -2.03. The molecular weight excluding hydrogens is 616 g/mol. The minimum absolute atomic E-state index is 0.553. The van der Waals surface area contributed by atoms with E-state index in [0.29, 0.717) is 83.2 Å². The molecule has 4 aromatic rings. The molecule has 0 amide bonds. The highest BCUT2D eigenvalue weighted by Gasteiger charge is 2.21. The maximum Gasteiger partial charge on any atom is 0.203 e. The Hall–Kier alpha value is -5.12. The van der Waals surface area contributed by atoms with E-state index in [1.54, 1.807) is 71.1 Å². The monoisotopic (exact) mass is 662 g/mol. The normalized spacial score (nSPS) is 10.6. The van der Waals surface area contributed by atoms with Gasteiger partial charge in [-0.25, -0.2) is 0 Å². The van der Waals surface area contributed by atoms with E-state index in [1.165, 1.54) is 0 Å². The van der Waals surface area contributed by atoms with Crippen LogP contribution < -0.4 is 47.4 Å². The second kappa shape index (κ2) is 16.6. The SMILES string of the molecule is COc1cc(CCc2cc(OC)c(OC)c(OC)c2)c(-c2cc(OC)c(OC)cc2CCc2cc(OC)c(OC)c(OC)c2)cc1OC. The average Bonchev–Trinajstić information content (AvgIpc) is 3.14. The van der Waals surface area contributed by atoms with Gasteiger partial charge in [0.05, 0.1) is 71.1 Å². The molecule has 4 rings (SSSR count). The zero-order chi connectivity index (χ0) is 34.8. The second-order valence-electron chi connectivity index (χ2n) is 10.8. The number of hydrogen-bond acceptors (Lipinski definition) is 10. The summed E-state index contributed by atoms with van der Waals surface area (Å²) in [7, 11) is 16.2. The standard InChI is InChI=1S/C38H46O10/c1-39-29-19-25(13-11-23-15-33(43-5)37(47-9)34(16-23)44-6)27(21-31(29)41-3)28-22-32(42-4)30(40-2)20-26(28)14-12-24-17-35(45-7)38(48-10)36(18-24)46-8/h15-22H,11-14H2,1-10H3. The Bertz CT molecular complexity index is 1520. The summed E-state index contributed by atoms with van der Waals surface area (Å²) in [6.07, 6.45) is 2.73. The zero-order valence-electron chi connectivity index (χ0n) is 29.5. The van der Waals surface area contributed by atoms with Crippen LogP contribution in [0.1, 0.15) is 22.3 Å². The summed E-state index contributed by atoms with van der Waals surface area (Å²) in [4.78, 5) is 0. The summed E-state index contributed by atoms with van der Waals surface area (Å²) in [5.74, 6) is 6.05. The molecule has 0 radical (unpaired) electrons. The molecule has 0 atom stereocenters. The fourth-order valence-electron chi connectivity index (χ4n) is 5.87. The van der Waals surface area contributed by atoms with Crippen LogP contribution in [0.5, 0.6) is 57.5 Å². The van der Waals surface area contributed by atoms with Gasteiger partial charge in [0.15, 0.2) is 46.0 Å². The first-order chi connectivity index (χ1) is 23.3. The van der Waals surface area contributed by atoms with Gasteiger partial charge in [0.2, 0.25) is 11.5 Å². The number of ether oxygens (including phenoxy) is 10. The third-order valence-electron chi connectivity index (χ3n) is 8.32. The van der Waals surface area contributed by atoms with Crippen LogP contribution in [-0.2, 0) is 25.7 Å². The van der Waals surface area contributed by atoms with E-state index in [9.17, 15) is 0 Å². The van der Waals surface area contributed by atoms with E-state index in [-0.39, 0.29) is 0 Å². The molecule has 0 heterocycles. The lowest BCUT2D eigenvalue weighted by atomic mass is 9.89. The number of rotatable bonds is 17. The molecule has 0 unspecified atom stereocenters. The van der Waals surface area contributed by atoms with Crippen LogP contribution >= 0.6 is 0 Å². The highest BCUT2D eigenvalue weighted by molar-refractivity contribution is 5.77.